The third kappa shape index (κ3) is 2.83. The third-order valence-electron chi connectivity index (χ3n) is 2.38. The van der Waals surface area contributed by atoms with Gasteiger partial charge in [-0.2, -0.15) is 18.3 Å². The lowest BCUT2D eigenvalue weighted by Gasteiger charge is -2.08. The van der Waals surface area contributed by atoms with Crippen LogP contribution in [-0.4, -0.2) is 19.7 Å². The molecule has 19 heavy (non-hydrogen) atoms. The standard InChI is InChI=1S/C11H12F3N5/c1-6(2)10-16-8(15)5-9(17-10)19-4-3-7(18-19)11(12,13)14/h3-6H,1-2H3,(H2,15,16,17). The number of nitrogen functional groups attached to an aromatic ring is 1. The van der Waals surface area contributed by atoms with Crippen molar-refractivity contribution in [3.05, 3.63) is 29.8 Å². The lowest BCUT2D eigenvalue weighted by Crippen LogP contribution is -2.10. The van der Waals surface area contributed by atoms with E-state index >= 15 is 0 Å². The van der Waals surface area contributed by atoms with Crippen molar-refractivity contribution in [3.63, 3.8) is 0 Å². The highest BCUT2D eigenvalue weighted by Crippen LogP contribution is 2.27. The van der Waals surface area contributed by atoms with Crippen LogP contribution in [0.3, 0.4) is 0 Å². The predicted molar refractivity (Wildman–Crippen MR) is 62.7 cm³/mol. The lowest BCUT2D eigenvalue weighted by atomic mass is 10.2. The van der Waals surface area contributed by atoms with E-state index in [0.29, 0.717) is 5.82 Å². The third-order valence-corrected chi connectivity index (χ3v) is 2.38. The molecule has 0 radical (unpaired) electrons. The van der Waals surface area contributed by atoms with Gasteiger partial charge >= 0.3 is 6.18 Å². The van der Waals surface area contributed by atoms with Gasteiger partial charge in [0.2, 0.25) is 0 Å². The van der Waals surface area contributed by atoms with E-state index in [1.165, 1.54) is 12.3 Å². The topological polar surface area (TPSA) is 69.6 Å². The smallest absolute Gasteiger partial charge is 0.384 e. The Kier molecular flexibility index (Phi) is 3.17. The number of rotatable bonds is 2. The molecule has 0 saturated heterocycles. The number of hydrogen-bond acceptors (Lipinski definition) is 4. The molecule has 0 bridgehead atoms. The molecule has 2 aromatic rings. The number of hydrogen-bond donors (Lipinski definition) is 1. The van der Waals surface area contributed by atoms with Crippen LogP contribution < -0.4 is 5.73 Å². The lowest BCUT2D eigenvalue weighted by molar-refractivity contribution is -0.141. The summed E-state index contributed by atoms with van der Waals surface area (Å²) in [5.74, 6) is 0.878. The fourth-order valence-corrected chi connectivity index (χ4v) is 1.45. The summed E-state index contributed by atoms with van der Waals surface area (Å²) in [4.78, 5) is 8.16. The quantitative estimate of drug-likeness (QED) is 0.910. The molecule has 8 heteroatoms. The number of nitrogens with two attached hydrogens (primary N) is 1. The van der Waals surface area contributed by atoms with Crippen LogP contribution in [0.2, 0.25) is 0 Å². The maximum absolute atomic E-state index is 12.5. The summed E-state index contributed by atoms with van der Waals surface area (Å²) in [7, 11) is 0. The maximum atomic E-state index is 12.5. The summed E-state index contributed by atoms with van der Waals surface area (Å²) < 4.78 is 38.4. The fourth-order valence-electron chi connectivity index (χ4n) is 1.45. The van der Waals surface area contributed by atoms with Crippen LogP contribution in [0.25, 0.3) is 5.82 Å². The van der Waals surface area contributed by atoms with Crippen molar-refractivity contribution in [2.75, 3.05) is 5.73 Å². The van der Waals surface area contributed by atoms with E-state index in [2.05, 4.69) is 15.1 Å². The molecule has 2 N–H and O–H groups in total. The maximum Gasteiger partial charge on any atom is 0.435 e. The van der Waals surface area contributed by atoms with Gasteiger partial charge < -0.3 is 5.73 Å². The van der Waals surface area contributed by atoms with Crippen LogP contribution in [-0.2, 0) is 6.18 Å². The van der Waals surface area contributed by atoms with Crippen molar-refractivity contribution in [1.29, 1.82) is 0 Å². The summed E-state index contributed by atoms with van der Waals surface area (Å²) in [6.45, 7) is 3.73. The van der Waals surface area contributed by atoms with Gasteiger partial charge in [-0.05, 0) is 6.07 Å². The van der Waals surface area contributed by atoms with E-state index in [1.807, 2.05) is 13.8 Å². The summed E-state index contributed by atoms with van der Waals surface area (Å²) in [5.41, 5.74) is 4.64. The Balaban J connectivity index is 2.44. The highest BCUT2D eigenvalue weighted by molar-refractivity contribution is 5.37. The zero-order valence-corrected chi connectivity index (χ0v) is 10.3. The second-order valence-corrected chi connectivity index (χ2v) is 4.31. The van der Waals surface area contributed by atoms with Crippen molar-refractivity contribution in [2.24, 2.45) is 0 Å². The number of alkyl halides is 3. The molecule has 0 aromatic carbocycles. The van der Waals surface area contributed by atoms with E-state index in [9.17, 15) is 13.2 Å². The highest BCUT2D eigenvalue weighted by Gasteiger charge is 2.33. The van der Waals surface area contributed by atoms with Crippen LogP contribution in [0.15, 0.2) is 18.3 Å². The number of aromatic nitrogens is 4. The van der Waals surface area contributed by atoms with Crippen molar-refractivity contribution in [3.8, 4) is 5.82 Å². The van der Waals surface area contributed by atoms with Crippen molar-refractivity contribution >= 4 is 5.82 Å². The molecule has 0 atom stereocenters. The Hall–Kier alpha value is -2.12. The molecule has 5 nitrogen and oxygen atoms in total. The molecule has 0 spiro atoms. The van der Waals surface area contributed by atoms with Gasteiger partial charge in [-0.1, -0.05) is 13.8 Å². The molecular weight excluding hydrogens is 259 g/mol. The van der Waals surface area contributed by atoms with Gasteiger partial charge in [-0.25, -0.2) is 14.6 Å². The first-order valence-electron chi connectivity index (χ1n) is 5.55. The Morgan fingerprint density at radius 2 is 1.95 bits per heavy atom. The summed E-state index contributed by atoms with van der Waals surface area (Å²) in [6.07, 6.45) is -3.29. The van der Waals surface area contributed by atoms with Crippen LogP contribution >= 0.6 is 0 Å². The SMILES string of the molecule is CC(C)c1nc(N)cc(-n2ccc(C(F)(F)F)n2)n1. The van der Waals surface area contributed by atoms with Crippen LogP contribution in [0.4, 0.5) is 19.0 Å². The number of anilines is 1. The summed E-state index contributed by atoms with van der Waals surface area (Å²) in [5, 5.41) is 3.44. The van der Waals surface area contributed by atoms with Gasteiger partial charge in [0.1, 0.15) is 11.6 Å². The van der Waals surface area contributed by atoms with Gasteiger partial charge in [0.05, 0.1) is 0 Å². The molecule has 2 rings (SSSR count). The van der Waals surface area contributed by atoms with E-state index < -0.39 is 11.9 Å². The van der Waals surface area contributed by atoms with E-state index in [0.717, 1.165) is 10.7 Å². The number of halogens is 3. The monoisotopic (exact) mass is 271 g/mol. The first-order valence-corrected chi connectivity index (χ1v) is 5.55. The van der Waals surface area contributed by atoms with Crippen LogP contribution in [0, 0.1) is 0 Å². The molecule has 2 aromatic heterocycles. The molecule has 2 heterocycles. The molecule has 0 amide bonds. The van der Waals surface area contributed by atoms with Crippen molar-refractivity contribution < 1.29 is 13.2 Å². The Morgan fingerprint density at radius 1 is 1.26 bits per heavy atom. The first-order chi connectivity index (χ1) is 8.77. The minimum Gasteiger partial charge on any atom is -0.384 e. The van der Waals surface area contributed by atoms with E-state index in [4.69, 9.17) is 5.73 Å². The van der Waals surface area contributed by atoms with Crippen molar-refractivity contribution in [2.45, 2.75) is 25.9 Å². The highest BCUT2D eigenvalue weighted by atomic mass is 19.4. The summed E-state index contributed by atoms with van der Waals surface area (Å²) >= 11 is 0. The minimum atomic E-state index is -4.48. The molecule has 102 valence electrons. The second kappa shape index (κ2) is 4.52. The van der Waals surface area contributed by atoms with Gasteiger partial charge in [-0.15, -0.1) is 0 Å². The second-order valence-electron chi connectivity index (χ2n) is 4.31. The summed E-state index contributed by atoms with van der Waals surface area (Å²) in [6, 6.07) is 2.26. The van der Waals surface area contributed by atoms with E-state index in [-0.39, 0.29) is 17.6 Å². The molecule has 0 aliphatic carbocycles. The first kappa shape index (κ1) is 13.3. The van der Waals surface area contributed by atoms with Crippen LogP contribution in [0.1, 0.15) is 31.3 Å². The number of nitrogens with zero attached hydrogens (tertiary/aromatic N) is 4. The Bertz CT molecular complexity index is 588. The predicted octanol–water partition coefficient (Wildman–Crippen LogP) is 2.39. The molecule has 0 unspecified atom stereocenters. The molecule has 0 fully saturated rings. The normalized spacial score (nSPS) is 12.1. The Labute approximate surface area is 107 Å². The molecular formula is C11H12F3N5. The van der Waals surface area contributed by atoms with E-state index in [1.54, 1.807) is 0 Å². The zero-order chi connectivity index (χ0) is 14.2. The molecule has 0 saturated carbocycles. The van der Waals surface area contributed by atoms with Gasteiger partial charge in [-0.3, -0.25) is 0 Å². The average molecular weight is 271 g/mol. The van der Waals surface area contributed by atoms with Crippen molar-refractivity contribution in [1.82, 2.24) is 19.7 Å². The zero-order valence-electron chi connectivity index (χ0n) is 10.3. The fraction of sp³-hybridized carbons (Fsp3) is 0.364. The van der Waals surface area contributed by atoms with Gasteiger partial charge in [0.25, 0.3) is 0 Å². The van der Waals surface area contributed by atoms with Gasteiger partial charge in [0.15, 0.2) is 11.5 Å². The van der Waals surface area contributed by atoms with Crippen LogP contribution in [0.5, 0.6) is 0 Å². The Morgan fingerprint density at radius 3 is 2.47 bits per heavy atom. The average Bonchev–Trinajstić information content (AvgIpc) is 2.76. The molecule has 0 aliphatic heterocycles. The van der Waals surface area contributed by atoms with Gasteiger partial charge in [0, 0.05) is 18.2 Å². The minimum absolute atomic E-state index is 0.0138. The molecule has 0 aliphatic rings. The largest absolute Gasteiger partial charge is 0.435 e.